The molecule has 0 fully saturated rings. The fourth-order valence-electron chi connectivity index (χ4n) is 1.90. The Bertz CT molecular complexity index is 469. The molecule has 0 aliphatic rings. The number of aryl methyl sites for hydroxylation is 1. The van der Waals surface area contributed by atoms with Crippen molar-refractivity contribution in [3.8, 4) is 5.75 Å². The Balaban J connectivity index is 2.63. The molecule has 0 aromatic heterocycles. The summed E-state index contributed by atoms with van der Waals surface area (Å²) < 4.78 is 11.2. The first-order valence-corrected chi connectivity index (χ1v) is 7.76. The minimum atomic E-state index is -1.04. The molecule has 1 rings (SSSR count). The molecule has 0 spiro atoms. The second-order valence-corrected chi connectivity index (χ2v) is 6.94. The van der Waals surface area contributed by atoms with Crippen LogP contribution < -0.4 is 4.74 Å². The molecule has 0 unspecified atom stereocenters. The van der Waals surface area contributed by atoms with Gasteiger partial charge in [0.2, 0.25) is 0 Å². The molecule has 1 N–H and O–H groups in total. The molecule has 0 aliphatic heterocycles. The summed E-state index contributed by atoms with van der Waals surface area (Å²) >= 11 is 0. The molecule has 0 amide bonds. The van der Waals surface area contributed by atoms with Crippen LogP contribution in [0.3, 0.4) is 0 Å². The van der Waals surface area contributed by atoms with Gasteiger partial charge in [-0.05, 0) is 71.6 Å². The molecular formula is C18H28O4. The maximum absolute atomic E-state index is 12.2. The number of carbonyl (C=O) groups excluding carboxylic acids is 1. The average molecular weight is 308 g/mol. The first-order chi connectivity index (χ1) is 10.1. The summed E-state index contributed by atoms with van der Waals surface area (Å²) in [5.74, 6) is 0.258. The van der Waals surface area contributed by atoms with Gasteiger partial charge in [0.15, 0.2) is 5.60 Å². The molecule has 4 nitrogen and oxygen atoms in total. The molecule has 0 radical (unpaired) electrons. The van der Waals surface area contributed by atoms with Gasteiger partial charge in [-0.1, -0.05) is 12.1 Å². The number of hydrogen-bond donors (Lipinski definition) is 1. The Morgan fingerprint density at radius 2 is 1.64 bits per heavy atom. The fourth-order valence-corrected chi connectivity index (χ4v) is 1.90. The molecule has 1 aromatic carbocycles. The second-order valence-electron chi connectivity index (χ2n) is 6.94. The molecular weight excluding hydrogens is 280 g/mol. The molecule has 0 bridgehead atoms. The lowest BCUT2D eigenvalue weighted by atomic mass is 10.1. The third kappa shape index (κ3) is 6.48. The van der Waals surface area contributed by atoms with Crippen molar-refractivity contribution in [2.24, 2.45) is 0 Å². The summed E-state index contributed by atoms with van der Waals surface area (Å²) in [4.78, 5) is 12.2. The molecule has 22 heavy (non-hydrogen) atoms. The van der Waals surface area contributed by atoms with E-state index in [4.69, 9.17) is 14.6 Å². The van der Waals surface area contributed by atoms with E-state index in [-0.39, 0.29) is 12.6 Å². The van der Waals surface area contributed by atoms with Gasteiger partial charge in [0.1, 0.15) is 11.4 Å². The van der Waals surface area contributed by atoms with E-state index in [0.717, 1.165) is 19.3 Å². The van der Waals surface area contributed by atoms with Gasteiger partial charge in [0, 0.05) is 6.61 Å². The van der Waals surface area contributed by atoms with Gasteiger partial charge in [-0.25, -0.2) is 4.79 Å². The Morgan fingerprint density at radius 1 is 1.05 bits per heavy atom. The summed E-state index contributed by atoms with van der Waals surface area (Å²) in [6.07, 6.45) is 2.69. The lowest BCUT2D eigenvalue weighted by Gasteiger charge is -2.29. The van der Waals surface area contributed by atoms with E-state index in [0.29, 0.717) is 5.75 Å². The minimum Gasteiger partial charge on any atom is -0.476 e. The van der Waals surface area contributed by atoms with Gasteiger partial charge in [0.25, 0.3) is 0 Å². The van der Waals surface area contributed by atoms with Crippen LogP contribution in [0.2, 0.25) is 0 Å². The van der Waals surface area contributed by atoms with Gasteiger partial charge in [0.05, 0.1) is 0 Å². The number of aliphatic hydroxyl groups is 1. The third-order valence-electron chi connectivity index (χ3n) is 3.06. The zero-order valence-corrected chi connectivity index (χ0v) is 14.3. The standard InChI is InChI=1S/C18H28O4/c1-17(2,3)22-16(20)18(4,5)21-15-11-9-14(10-12-15)8-6-7-13-19/h9-12,19H,6-8,13H2,1-5H3. The topological polar surface area (TPSA) is 55.8 Å². The number of ether oxygens (including phenoxy) is 2. The minimum absolute atomic E-state index is 0.227. The number of rotatable bonds is 7. The van der Waals surface area contributed by atoms with E-state index < -0.39 is 11.2 Å². The summed E-state index contributed by atoms with van der Waals surface area (Å²) in [6.45, 7) is 9.14. The van der Waals surface area contributed by atoms with E-state index in [1.165, 1.54) is 5.56 Å². The summed E-state index contributed by atoms with van der Waals surface area (Å²) in [6, 6.07) is 7.69. The normalized spacial score (nSPS) is 12.1. The molecule has 4 heteroatoms. The highest BCUT2D eigenvalue weighted by Gasteiger charge is 2.34. The Kier molecular flexibility index (Phi) is 6.42. The van der Waals surface area contributed by atoms with Crippen molar-refractivity contribution in [2.75, 3.05) is 6.61 Å². The van der Waals surface area contributed by atoms with Crippen molar-refractivity contribution in [1.82, 2.24) is 0 Å². The van der Waals surface area contributed by atoms with E-state index >= 15 is 0 Å². The lowest BCUT2D eigenvalue weighted by molar-refractivity contribution is -0.170. The number of carbonyl (C=O) groups is 1. The highest BCUT2D eigenvalue weighted by atomic mass is 16.6. The second kappa shape index (κ2) is 7.63. The van der Waals surface area contributed by atoms with Crippen LogP contribution in [0.1, 0.15) is 53.0 Å². The predicted octanol–water partition coefficient (Wildman–Crippen LogP) is 3.50. The zero-order chi connectivity index (χ0) is 16.8. The van der Waals surface area contributed by atoms with E-state index in [2.05, 4.69) is 0 Å². The summed E-state index contributed by atoms with van der Waals surface area (Å²) in [5.41, 5.74) is -0.379. The van der Waals surface area contributed by atoms with Gasteiger partial charge >= 0.3 is 5.97 Å². The van der Waals surface area contributed by atoms with Crippen molar-refractivity contribution in [3.63, 3.8) is 0 Å². The van der Waals surface area contributed by atoms with Crippen molar-refractivity contribution < 1.29 is 19.4 Å². The van der Waals surface area contributed by atoms with Gasteiger partial charge in [-0.15, -0.1) is 0 Å². The molecule has 1 aromatic rings. The van der Waals surface area contributed by atoms with Gasteiger partial charge < -0.3 is 14.6 Å². The van der Waals surface area contributed by atoms with Crippen LogP contribution in [0.4, 0.5) is 0 Å². The monoisotopic (exact) mass is 308 g/mol. The number of benzene rings is 1. The maximum atomic E-state index is 12.2. The number of esters is 1. The summed E-state index contributed by atoms with van der Waals surface area (Å²) in [5, 5.41) is 8.78. The predicted molar refractivity (Wildman–Crippen MR) is 87.0 cm³/mol. The quantitative estimate of drug-likeness (QED) is 0.619. The molecule has 0 saturated carbocycles. The van der Waals surface area contributed by atoms with Crippen molar-refractivity contribution in [3.05, 3.63) is 29.8 Å². The zero-order valence-electron chi connectivity index (χ0n) is 14.3. The summed E-state index contributed by atoms with van der Waals surface area (Å²) in [7, 11) is 0. The van der Waals surface area contributed by atoms with E-state index in [9.17, 15) is 4.79 Å². The molecule has 124 valence electrons. The Morgan fingerprint density at radius 3 is 2.14 bits per heavy atom. The van der Waals surface area contributed by atoms with Gasteiger partial charge in [-0.2, -0.15) is 0 Å². The molecule has 0 atom stereocenters. The average Bonchev–Trinajstić information content (AvgIpc) is 2.39. The van der Waals surface area contributed by atoms with Crippen LogP contribution in [0.15, 0.2) is 24.3 Å². The largest absolute Gasteiger partial charge is 0.476 e. The Labute approximate surface area is 133 Å². The first-order valence-electron chi connectivity index (χ1n) is 7.76. The van der Waals surface area contributed by atoms with Crippen molar-refractivity contribution >= 4 is 5.97 Å². The van der Waals surface area contributed by atoms with Crippen LogP contribution in [0, 0.1) is 0 Å². The van der Waals surface area contributed by atoms with Gasteiger partial charge in [-0.3, -0.25) is 0 Å². The number of hydrogen-bond acceptors (Lipinski definition) is 4. The van der Waals surface area contributed by atoms with Crippen LogP contribution in [0.25, 0.3) is 0 Å². The van der Waals surface area contributed by atoms with Crippen LogP contribution in [-0.2, 0) is 16.0 Å². The van der Waals surface area contributed by atoms with E-state index in [1.807, 2.05) is 45.0 Å². The Hall–Kier alpha value is -1.55. The van der Waals surface area contributed by atoms with Crippen molar-refractivity contribution in [1.29, 1.82) is 0 Å². The maximum Gasteiger partial charge on any atom is 0.350 e. The molecule has 0 aliphatic carbocycles. The smallest absolute Gasteiger partial charge is 0.350 e. The van der Waals surface area contributed by atoms with Crippen molar-refractivity contribution in [2.45, 2.75) is 65.1 Å². The molecule has 0 saturated heterocycles. The number of aliphatic hydroxyl groups excluding tert-OH is 1. The van der Waals surface area contributed by atoms with Crippen LogP contribution >= 0.6 is 0 Å². The number of unbranched alkanes of at least 4 members (excludes halogenated alkanes) is 1. The highest BCUT2D eigenvalue weighted by molar-refractivity contribution is 5.79. The van der Waals surface area contributed by atoms with Crippen LogP contribution in [0.5, 0.6) is 5.75 Å². The third-order valence-corrected chi connectivity index (χ3v) is 3.06. The highest BCUT2D eigenvalue weighted by Crippen LogP contribution is 2.22. The lowest BCUT2D eigenvalue weighted by Crippen LogP contribution is -2.43. The van der Waals surface area contributed by atoms with E-state index in [1.54, 1.807) is 13.8 Å². The van der Waals surface area contributed by atoms with Crippen LogP contribution in [-0.4, -0.2) is 28.9 Å². The SMILES string of the molecule is CC(C)(C)OC(=O)C(C)(C)Oc1ccc(CCCCO)cc1. The first kappa shape index (κ1) is 18.5. The fraction of sp³-hybridized carbons (Fsp3) is 0.611. The molecule has 0 heterocycles.